The molecule has 0 bridgehead atoms. The summed E-state index contributed by atoms with van der Waals surface area (Å²) in [4.78, 5) is 45.3. The molecule has 2 atom stereocenters. The monoisotopic (exact) mass is 484 g/mol. The summed E-state index contributed by atoms with van der Waals surface area (Å²) in [5.74, 6) is -1.99. The first-order chi connectivity index (χ1) is 16.7. The van der Waals surface area contributed by atoms with Crippen molar-refractivity contribution in [1.29, 1.82) is 0 Å². The lowest BCUT2D eigenvalue weighted by Gasteiger charge is -2.02. The predicted octanol–water partition coefficient (Wildman–Crippen LogP) is 1.76. The number of hydrogen-bond donors (Lipinski definition) is 2. The molecule has 2 aromatic rings. The number of hydrazone groups is 2. The van der Waals surface area contributed by atoms with Crippen LogP contribution in [-0.2, 0) is 9.59 Å². The number of nitro groups is 2. The van der Waals surface area contributed by atoms with Crippen molar-refractivity contribution >= 4 is 35.6 Å². The molecule has 182 valence electrons. The zero-order chi connectivity index (χ0) is 25.5. The fraction of sp³-hybridized carbons (Fsp3) is 0.238. The molecule has 2 unspecified atom stereocenters. The highest BCUT2D eigenvalue weighted by atomic mass is 16.6. The summed E-state index contributed by atoms with van der Waals surface area (Å²) in [6.45, 7) is 0. The number of ether oxygens (including phenoxy) is 2. The van der Waals surface area contributed by atoms with Crippen molar-refractivity contribution in [1.82, 2.24) is 10.9 Å². The van der Waals surface area contributed by atoms with Crippen LogP contribution in [0.4, 0.5) is 11.4 Å². The molecule has 2 amide bonds. The van der Waals surface area contributed by atoms with Gasteiger partial charge in [-0.3, -0.25) is 29.8 Å². The highest BCUT2D eigenvalue weighted by Crippen LogP contribution is 2.38. The minimum absolute atomic E-state index is 0.0934. The lowest BCUT2D eigenvalue weighted by Crippen LogP contribution is -2.25. The van der Waals surface area contributed by atoms with Crippen LogP contribution in [0.3, 0.4) is 0 Å². The molecule has 1 saturated carbocycles. The molecule has 0 heterocycles. The van der Waals surface area contributed by atoms with Crippen molar-refractivity contribution in [2.75, 3.05) is 14.2 Å². The molecule has 14 heteroatoms. The molecule has 1 fully saturated rings. The first kappa shape index (κ1) is 24.8. The Labute approximate surface area is 197 Å². The van der Waals surface area contributed by atoms with E-state index in [4.69, 9.17) is 9.47 Å². The highest BCUT2D eigenvalue weighted by Gasteiger charge is 2.48. The van der Waals surface area contributed by atoms with E-state index in [9.17, 15) is 29.8 Å². The lowest BCUT2D eigenvalue weighted by molar-refractivity contribution is -0.385. The number of nitro benzene ring substituents is 2. The molecular formula is C21H20N6O8. The standard InChI is InChI=1S/C21H20N6O8/c1-34-18-5-3-12(7-16(18)26(30)31)10-22-24-20(28)14-9-15(14)21(29)25-23-11-13-4-6-19(35-2)17(8-13)27(32)33/h3-8,10-11,14-15H,9H2,1-2H3,(H,24,28)(H,25,29)/b22-10+,23-11+. The molecular weight excluding hydrogens is 464 g/mol. The van der Waals surface area contributed by atoms with E-state index >= 15 is 0 Å². The van der Waals surface area contributed by atoms with Crippen LogP contribution in [-0.4, -0.2) is 48.3 Å². The summed E-state index contributed by atoms with van der Waals surface area (Å²) in [5.41, 5.74) is 4.85. The van der Waals surface area contributed by atoms with E-state index in [1.165, 1.54) is 63.0 Å². The van der Waals surface area contributed by atoms with Gasteiger partial charge in [-0.2, -0.15) is 10.2 Å². The molecule has 0 spiro atoms. The molecule has 2 N–H and O–H groups in total. The zero-order valence-electron chi connectivity index (χ0n) is 18.5. The molecule has 0 aromatic heterocycles. The van der Waals surface area contributed by atoms with Gasteiger partial charge in [-0.1, -0.05) is 0 Å². The van der Waals surface area contributed by atoms with Crippen molar-refractivity contribution in [3.8, 4) is 11.5 Å². The van der Waals surface area contributed by atoms with Gasteiger partial charge in [-0.05, 0) is 30.7 Å². The molecule has 0 aliphatic heterocycles. The van der Waals surface area contributed by atoms with E-state index in [-0.39, 0.29) is 22.9 Å². The normalized spacial score (nSPS) is 16.6. The summed E-state index contributed by atoms with van der Waals surface area (Å²) >= 11 is 0. The first-order valence-corrected chi connectivity index (χ1v) is 10.1. The Morgan fingerprint density at radius 1 is 0.857 bits per heavy atom. The van der Waals surface area contributed by atoms with Gasteiger partial charge in [-0.15, -0.1) is 0 Å². The van der Waals surface area contributed by atoms with Crippen molar-refractivity contribution in [2.24, 2.45) is 22.0 Å². The molecule has 2 aromatic carbocycles. The summed E-state index contributed by atoms with van der Waals surface area (Å²) in [6.07, 6.45) is 2.77. The van der Waals surface area contributed by atoms with E-state index < -0.39 is 33.5 Å². The smallest absolute Gasteiger partial charge is 0.311 e. The quantitative estimate of drug-likeness (QED) is 0.290. The second-order valence-electron chi connectivity index (χ2n) is 7.29. The van der Waals surface area contributed by atoms with Crippen LogP contribution in [0.2, 0.25) is 0 Å². The largest absolute Gasteiger partial charge is 0.490 e. The van der Waals surface area contributed by atoms with Gasteiger partial charge in [0.25, 0.3) is 0 Å². The van der Waals surface area contributed by atoms with Gasteiger partial charge in [0.2, 0.25) is 11.8 Å². The van der Waals surface area contributed by atoms with Crippen LogP contribution < -0.4 is 20.3 Å². The number of benzene rings is 2. The van der Waals surface area contributed by atoms with Gasteiger partial charge in [0, 0.05) is 23.3 Å². The van der Waals surface area contributed by atoms with Crippen LogP contribution >= 0.6 is 0 Å². The van der Waals surface area contributed by atoms with Gasteiger partial charge in [0.1, 0.15) is 0 Å². The number of nitrogens with zero attached hydrogens (tertiary/aromatic N) is 4. The number of hydrogen-bond acceptors (Lipinski definition) is 10. The number of rotatable bonds is 10. The van der Waals surface area contributed by atoms with Crippen LogP contribution in [0.1, 0.15) is 17.5 Å². The second-order valence-corrected chi connectivity index (χ2v) is 7.29. The molecule has 0 radical (unpaired) electrons. The van der Waals surface area contributed by atoms with Crippen molar-refractivity contribution in [3.63, 3.8) is 0 Å². The Bertz CT molecular complexity index is 1130. The van der Waals surface area contributed by atoms with Gasteiger partial charge in [-0.25, -0.2) is 10.9 Å². The number of carbonyl (C=O) groups is 2. The number of methoxy groups -OCH3 is 2. The van der Waals surface area contributed by atoms with E-state index in [2.05, 4.69) is 21.1 Å². The van der Waals surface area contributed by atoms with Crippen molar-refractivity contribution in [2.45, 2.75) is 6.42 Å². The first-order valence-electron chi connectivity index (χ1n) is 10.1. The molecule has 0 saturated heterocycles. The zero-order valence-corrected chi connectivity index (χ0v) is 18.5. The number of nitrogens with one attached hydrogen (secondary N) is 2. The average Bonchev–Trinajstić information content (AvgIpc) is 3.65. The molecule has 35 heavy (non-hydrogen) atoms. The average molecular weight is 484 g/mol. The van der Waals surface area contributed by atoms with Gasteiger partial charge < -0.3 is 9.47 Å². The van der Waals surface area contributed by atoms with Crippen LogP contribution in [0, 0.1) is 32.1 Å². The maximum absolute atomic E-state index is 12.2. The molecule has 3 rings (SSSR count). The third-order valence-electron chi connectivity index (χ3n) is 5.04. The summed E-state index contributed by atoms with van der Waals surface area (Å²) in [5, 5.41) is 29.7. The van der Waals surface area contributed by atoms with Crippen LogP contribution in [0.5, 0.6) is 11.5 Å². The third-order valence-corrected chi connectivity index (χ3v) is 5.04. The Morgan fingerprint density at radius 2 is 1.26 bits per heavy atom. The molecule has 1 aliphatic rings. The molecule has 1 aliphatic carbocycles. The maximum Gasteiger partial charge on any atom is 0.311 e. The van der Waals surface area contributed by atoms with E-state index in [1.54, 1.807) is 0 Å². The number of amides is 2. The van der Waals surface area contributed by atoms with Gasteiger partial charge in [0.05, 0.1) is 48.3 Å². The maximum atomic E-state index is 12.2. The highest BCUT2D eigenvalue weighted by molar-refractivity contribution is 5.93. The van der Waals surface area contributed by atoms with E-state index in [0.717, 1.165) is 0 Å². The number of carbonyl (C=O) groups excluding carboxylic acids is 2. The fourth-order valence-electron chi connectivity index (χ4n) is 3.14. The summed E-state index contributed by atoms with van der Waals surface area (Å²) < 4.78 is 9.84. The van der Waals surface area contributed by atoms with Gasteiger partial charge >= 0.3 is 11.4 Å². The van der Waals surface area contributed by atoms with Gasteiger partial charge in [0.15, 0.2) is 11.5 Å². The Balaban J connectivity index is 1.51. The lowest BCUT2D eigenvalue weighted by atomic mass is 10.2. The third kappa shape index (κ3) is 6.13. The second kappa shape index (κ2) is 10.8. The van der Waals surface area contributed by atoms with Crippen molar-refractivity contribution in [3.05, 3.63) is 67.8 Å². The summed E-state index contributed by atoms with van der Waals surface area (Å²) in [7, 11) is 2.63. The SMILES string of the molecule is COc1ccc(/C=N/NC(=O)C2CC2C(=O)N/N=C/c2ccc(OC)c([N+](=O)[O-])c2)cc1[N+](=O)[O-]. The van der Waals surface area contributed by atoms with E-state index in [0.29, 0.717) is 17.5 Å². The fourth-order valence-corrected chi connectivity index (χ4v) is 3.14. The Morgan fingerprint density at radius 3 is 1.60 bits per heavy atom. The van der Waals surface area contributed by atoms with Crippen LogP contribution in [0.15, 0.2) is 46.6 Å². The minimum atomic E-state index is -0.602. The minimum Gasteiger partial charge on any atom is -0.490 e. The predicted molar refractivity (Wildman–Crippen MR) is 122 cm³/mol. The summed E-state index contributed by atoms with van der Waals surface area (Å²) in [6, 6.07) is 8.38. The topological polar surface area (TPSA) is 188 Å². The Kier molecular flexibility index (Phi) is 7.66. The Hall–Kier alpha value is -4.88. The van der Waals surface area contributed by atoms with Crippen molar-refractivity contribution < 1.29 is 28.9 Å². The van der Waals surface area contributed by atoms with Crippen LogP contribution in [0.25, 0.3) is 0 Å². The van der Waals surface area contributed by atoms with E-state index in [1.807, 2.05) is 0 Å². The molecule has 14 nitrogen and oxygen atoms in total.